The van der Waals surface area contributed by atoms with Gasteiger partial charge in [0.25, 0.3) is 11.2 Å². The predicted octanol–water partition coefficient (Wildman–Crippen LogP) is 2.49. The van der Waals surface area contributed by atoms with E-state index in [0.717, 1.165) is 0 Å². The fourth-order valence-corrected chi connectivity index (χ4v) is 3.84. The van der Waals surface area contributed by atoms with E-state index in [0.29, 0.717) is 33.7 Å². The molecule has 2 unspecified atom stereocenters. The van der Waals surface area contributed by atoms with Gasteiger partial charge in [-0.15, -0.1) is 0 Å². The van der Waals surface area contributed by atoms with E-state index in [9.17, 15) is 25.1 Å². The van der Waals surface area contributed by atoms with Gasteiger partial charge in [0.2, 0.25) is 0 Å². The van der Waals surface area contributed by atoms with Crippen molar-refractivity contribution < 1.29 is 19.9 Å². The predicted molar refractivity (Wildman–Crippen MR) is 130 cm³/mol. The number of aliphatic hydroxyl groups is 2. The van der Waals surface area contributed by atoms with Crippen molar-refractivity contribution in [1.82, 2.24) is 14.9 Å². The first-order valence-electron chi connectivity index (χ1n) is 10.8. The monoisotopic (exact) mass is 476 g/mol. The van der Waals surface area contributed by atoms with Gasteiger partial charge in [0.05, 0.1) is 53.9 Å². The molecule has 180 valence electrons. The third-order valence-corrected chi connectivity index (χ3v) is 5.70. The quantitative estimate of drug-likeness (QED) is 0.247. The largest absolute Gasteiger partial charge is 0.497 e. The Kier molecular flexibility index (Phi) is 7.16. The zero-order valence-corrected chi connectivity index (χ0v) is 18.9. The van der Waals surface area contributed by atoms with E-state index in [-0.39, 0.29) is 17.8 Å². The molecule has 0 aliphatic rings. The van der Waals surface area contributed by atoms with Crippen LogP contribution in [0, 0.1) is 10.1 Å². The van der Waals surface area contributed by atoms with E-state index in [1.807, 2.05) is 0 Å². The van der Waals surface area contributed by atoms with Gasteiger partial charge in [-0.3, -0.25) is 19.5 Å². The van der Waals surface area contributed by atoms with Crippen molar-refractivity contribution in [2.75, 3.05) is 13.7 Å². The first-order chi connectivity index (χ1) is 16.9. The molecule has 35 heavy (non-hydrogen) atoms. The molecule has 10 heteroatoms. The minimum Gasteiger partial charge on any atom is -0.497 e. The fourth-order valence-electron chi connectivity index (χ4n) is 3.84. The first kappa shape index (κ1) is 24.0. The molecule has 3 aromatic carbocycles. The van der Waals surface area contributed by atoms with Crippen LogP contribution in [0.3, 0.4) is 0 Å². The summed E-state index contributed by atoms with van der Waals surface area (Å²) in [4.78, 5) is 28.4. The van der Waals surface area contributed by atoms with Crippen LogP contribution in [0.15, 0.2) is 77.6 Å². The Hall–Kier alpha value is -4.12. The number of nitro benzene ring substituents is 1. The van der Waals surface area contributed by atoms with E-state index < -0.39 is 23.7 Å². The Labute approximate surface area is 200 Å². The van der Waals surface area contributed by atoms with Gasteiger partial charge in [-0.1, -0.05) is 18.2 Å². The number of ether oxygens (including phenoxy) is 1. The topological polar surface area (TPSA) is 140 Å². The lowest BCUT2D eigenvalue weighted by Gasteiger charge is -2.23. The molecule has 4 rings (SSSR count). The van der Waals surface area contributed by atoms with Crippen LogP contribution in [0.25, 0.3) is 16.6 Å². The normalized spacial score (nSPS) is 12.9. The summed E-state index contributed by atoms with van der Waals surface area (Å²) in [7, 11) is 1.54. The third-order valence-electron chi connectivity index (χ3n) is 5.70. The second-order valence-electron chi connectivity index (χ2n) is 7.85. The maximum Gasteiger partial charge on any atom is 0.269 e. The second kappa shape index (κ2) is 10.4. The van der Waals surface area contributed by atoms with E-state index in [2.05, 4.69) is 10.3 Å². The van der Waals surface area contributed by atoms with E-state index in [1.165, 1.54) is 35.9 Å². The van der Waals surface area contributed by atoms with E-state index >= 15 is 0 Å². The van der Waals surface area contributed by atoms with Crippen LogP contribution in [0.1, 0.15) is 17.5 Å². The van der Waals surface area contributed by atoms with Gasteiger partial charge in [-0.25, -0.2) is 4.98 Å². The van der Waals surface area contributed by atoms with Crippen molar-refractivity contribution in [2.45, 2.75) is 18.7 Å². The van der Waals surface area contributed by atoms with Crippen LogP contribution < -0.4 is 15.6 Å². The number of rotatable bonds is 9. The molecule has 0 radical (unpaired) electrons. The van der Waals surface area contributed by atoms with Crippen LogP contribution in [0.5, 0.6) is 5.75 Å². The number of para-hydroxylation sites is 1. The molecule has 0 saturated carbocycles. The SMILES string of the molecule is COc1cccc(-n2c(CNC(CO)C(O)c3ccc([N+](=O)[O-])cc3)nc3ccccc3c2=O)c1. The minimum absolute atomic E-state index is 0.0482. The van der Waals surface area contributed by atoms with Crippen molar-refractivity contribution >= 4 is 16.6 Å². The molecule has 0 fully saturated rings. The lowest BCUT2D eigenvalue weighted by atomic mass is 10.0. The van der Waals surface area contributed by atoms with Crippen molar-refractivity contribution in [3.63, 3.8) is 0 Å². The minimum atomic E-state index is -1.15. The van der Waals surface area contributed by atoms with Gasteiger partial charge in [-0.2, -0.15) is 0 Å². The van der Waals surface area contributed by atoms with Gasteiger partial charge in [-0.05, 0) is 42.0 Å². The number of nitro groups is 1. The molecule has 3 N–H and O–H groups in total. The summed E-state index contributed by atoms with van der Waals surface area (Å²) in [6.07, 6.45) is -1.15. The maximum atomic E-state index is 13.4. The van der Waals surface area contributed by atoms with Gasteiger partial charge in [0, 0.05) is 18.2 Å². The second-order valence-corrected chi connectivity index (χ2v) is 7.85. The molecule has 2 atom stereocenters. The van der Waals surface area contributed by atoms with Gasteiger partial charge >= 0.3 is 0 Å². The molecular weight excluding hydrogens is 452 g/mol. The van der Waals surface area contributed by atoms with Gasteiger partial charge in [0.1, 0.15) is 11.6 Å². The Morgan fingerprint density at radius 1 is 1.11 bits per heavy atom. The summed E-state index contributed by atoms with van der Waals surface area (Å²) in [5.74, 6) is 0.944. The molecule has 0 spiro atoms. The third kappa shape index (κ3) is 5.04. The standard InChI is InChI=1S/C25H24N4O6/c1-35-19-6-4-5-18(13-19)28-23(27-21-8-3-2-7-20(21)25(28)32)14-26-22(15-30)24(31)16-9-11-17(12-10-16)29(33)34/h2-13,22,24,26,30-31H,14-15H2,1H3. The molecule has 1 aromatic heterocycles. The summed E-state index contributed by atoms with van der Waals surface area (Å²) in [6.45, 7) is -0.373. The molecule has 1 heterocycles. The summed E-state index contributed by atoms with van der Waals surface area (Å²) >= 11 is 0. The lowest BCUT2D eigenvalue weighted by Crippen LogP contribution is -2.39. The highest BCUT2D eigenvalue weighted by atomic mass is 16.6. The number of fused-ring (bicyclic) bond motifs is 1. The van der Waals surface area contributed by atoms with Crippen molar-refractivity contribution in [3.8, 4) is 11.4 Å². The smallest absolute Gasteiger partial charge is 0.269 e. The Bertz CT molecular complexity index is 1400. The number of nitrogens with one attached hydrogen (secondary N) is 1. The van der Waals surface area contributed by atoms with Crippen LogP contribution in [-0.4, -0.2) is 44.4 Å². The average molecular weight is 476 g/mol. The molecule has 0 saturated heterocycles. The lowest BCUT2D eigenvalue weighted by molar-refractivity contribution is -0.384. The molecule has 4 aromatic rings. The number of aromatic nitrogens is 2. The fraction of sp³-hybridized carbons (Fsp3) is 0.200. The number of hydrogen-bond acceptors (Lipinski definition) is 8. The number of methoxy groups -OCH3 is 1. The molecule has 10 nitrogen and oxygen atoms in total. The molecule has 0 aliphatic heterocycles. The highest BCUT2D eigenvalue weighted by Gasteiger charge is 2.22. The van der Waals surface area contributed by atoms with Crippen molar-refractivity contribution in [1.29, 1.82) is 0 Å². The van der Waals surface area contributed by atoms with Crippen LogP contribution in [-0.2, 0) is 6.54 Å². The highest BCUT2D eigenvalue weighted by Crippen LogP contribution is 2.22. The summed E-state index contributed by atoms with van der Waals surface area (Å²) in [6, 6.07) is 18.6. The van der Waals surface area contributed by atoms with E-state index in [1.54, 1.807) is 48.5 Å². The Balaban J connectivity index is 1.68. The zero-order chi connectivity index (χ0) is 24.9. The number of benzene rings is 3. The molecular formula is C25H24N4O6. The molecule has 0 amide bonds. The zero-order valence-electron chi connectivity index (χ0n) is 18.9. The first-order valence-corrected chi connectivity index (χ1v) is 10.8. The average Bonchev–Trinajstić information content (AvgIpc) is 2.89. The van der Waals surface area contributed by atoms with E-state index in [4.69, 9.17) is 4.74 Å². The van der Waals surface area contributed by atoms with Crippen molar-refractivity contribution in [3.05, 3.63) is 105 Å². The van der Waals surface area contributed by atoms with Crippen molar-refractivity contribution in [2.24, 2.45) is 0 Å². The summed E-state index contributed by atoms with van der Waals surface area (Å²) < 4.78 is 6.77. The maximum absolute atomic E-state index is 13.4. The summed E-state index contributed by atoms with van der Waals surface area (Å²) in [5, 5.41) is 35.1. The number of aliphatic hydroxyl groups excluding tert-OH is 2. The molecule has 0 aliphatic carbocycles. The van der Waals surface area contributed by atoms with Crippen LogP contribution >= 0.6 is 0 Å². The number of hydrogen-bond donors (Lipinski definition) is 3. The molecule has 0 bridgehead atoms. The van der Waals surface area contributed by atoms with Gasteiger partial charge < -0.3 is 20.3 Å². The summed E-state index contributed by atoms with van der Waals surface area (Å²) in [5.41, 5.74) is 1.11. The Morgan fingerprint density at radius 2 is 1.86 bits per heavy atom. The van der Waals surface area contributed by atoms with Crippen LogP contribution in [0.4, 0.5) is 5.69 Å². The Morgan fingerprint density at radius 3 is 2.54 bits per heavy atom. The van der Waals surface area contributed by atoms with Crippen LogP contribution in [0.2, 0.25) is 0 Å². The highest BCUT2D eigenvalue weighted by molar-refractivity contribution is 5.77. The number of nitrogens with zero attached hydrogens (tertiary/aromatic N) is 3. The van der Waals surface area contributed by atoms with Gasteiger partial charge in [0.15, 0.2) is 0 Å². The number of non-ortho nitro benzene ring substituents is 1.